The Morgan fingerprint density at radius 3 is 2.65 bits per heavy atom. The Morgan fingerprint density at radius 2 is 2.00 bits per heavy atom. The predicted molar refractivity (Wildman–Crippen MR) is 173 cm³/mol. The minimum atomic E-state index is -3.16. The Kier molecular flexibility index (Phi) is 6.89. The summed E-state index contributed by atoms with van der Waals surface area (Å²) in [5.74, 6) is -3.05. The van der Waals surface area contributed by atoms with Crippen LogP contribution in [0.5, 0.6) is 5.75 Å². The number of piperazine rings is 1. The van der Waals surface area contributed by atoms with Gasteiger partial charge in [0.15, 0.2) is 5.65 Å². The largest absolute Gasteiger partial charge is 0.507 e. The second kappa shape index (κ2) is 11.5. The van der Waals surface area contributed by atoms with Crippen molar-refractivity contribution in [1.29, 1.82) is 0 Å². The van der Waals surface area contributed by atoms with Crippen LogP contribution in [-0.2, 0) is 16.2 Å². The number of hydrogen-bond donors (Lipinski definition) is 2. The first kappa shape index (κ1) is 27.5. The molecule has 0 saturated carbocycles. The Labute approximate surface area is 273 Å². The highest BCUT2D eigenvalue weighted by atomic mass is 35.5. The molecule has 6 rings (SSSR count). The second-order valence-electron chi connectivity index (χ2n) is 11.6. The summed E-state index contributed by atoms with van der Waals surface area (Å²) in [7, 11) is 0. The molecule has 0 bridgehead atoms. The number of carbonyl (C=O) groups excluding carboxylic acids is 2. The molecular weight excluding hydrogens is 615 g/mol. The van der Waals surface area contributed by atoms with Crippen LogP contribution in [0.1, 0.15) is 42.1 Å². The standard InChI is InChI=1S/C33H32ClFN6O5/c1-6-24(44)39-14-22-32(45)38(5)30-29(40(22)13-17(39)4)19-12-20(34)27(25-21(35)8-7-9-23(25)43)37-31(19)41(33(30)46)28-18(15-42)10-11-36-26(28)16(2)3/h6-12,16-17,22,42-43H,1,13-15H2,2-5H3/t17-,22-/m1/s1/i5D3. The van der Waals surface area contributed by atoms with E-state index in [4.69, 9.17) is 15.7 Å². The molecule has 0 spiro atoms. The average Bonchev–Trinajstić information content (AvgIpc) is 3.04. The van der Waals surface area contributed by atoms with Gasteiger partial charge in [-0.05, 0) is 43.2 Å². The normalized spacial score (nSPS) is 19.1. The van der Waals surface area contributed by atoms with Crippen molar-refractivity contribution in [2.45, 2.75) is 45.4 Å². The third kappa shape index (κ3) is 4.62. The first-order valence-electron chi connectivity index (χ1n) is 16.0. The highest BCUT2D eigenvalue weighted by molar-refractivity contribution is 6.34. The number of carbonyl (C=O) groups is 2. The molecule has 5 heterocycles. The van der Waals surface area contributed by atoms with Gasteiger partial charge in [0.25, 0.3) is 11.5 Å². The zero-order valence-corrected chi connectivity index (χ0v) is 25.9. The van der Waals surface area contributed by atoms with Crippen molar-refractivity contribution in [3.63, 3.8) is 0 Å². The third-order valence-corrected chi connectivity index (χ3v) is 8.76. The summed E-state index contributed by atoms with van der Waals surface area (Å²) in [6.07, 6.45) is 2.56. The van der Waals surface area contributed by atoms with Crippen molar-refractivity contribution in [3.8, 4) is 22.7 Å². The van der Waals surface area contributed by atoms with Crippen LogP contribution >= 0.6 is 11.6 Å². The SMILES string of the molecule is [2H]C([2H])([2H])N1C(=O)[C@H]2CN(C(=O)C=C)[C@H](C)CN2c2c1c(=O)n(-c1c(CO)ccnc1C(C)C)c1nc(-c3c(O)cccc3F)c(Cl)cc21. The van der Waals surface area contributed by atoms with Gasteiger partial charge in [-0.15, -0.1) is 0 Å². The van der Waals surface area contributed by atoms with E-state index >= 15 is 9.18 Å². The van der Waals surface area contributed by atoms with Gasteiger partial charge in [-0.25, -0.2) is 9.37 Å². The molecule has 1 aromatic carbocycles. The first-order valence-corrected chi connectivity index (χ1v) is 14.9. The minimum Gasteiger partial charge on any atom is -0.507 e. The number of benzene rings is 1. The molecule has 46 heavy (non-hydrogen) atoms. The van der Waals surface area contributed by atoms with Crippen molar-refractivity contribution >= 4 is 45.8 Å². The number of nitrogens with zero attached hydrogens (tertiary/aromatic N) is 6. The van der Waals surface area contributed by atoms with E-state index in [0.29, 0.717) is 10.6 Å². The van der Waals surface area contributed by atoms with Crippen LogP contribution in [0.4, 0.5) is 15.8 Å². The number of hydrogen-bond acceptors (Lipinski definition) is 8. The average molecular weight is 650 g/mol. The van der Waals surface area contributed by atoms with Gasteiger partial charge < -0.3 is 24.9 Å². The molecule has 3 aromatic heterocycles. The molecule has 2 amide bonds. The number of aliphatic hydroxyl groups excluding tert-OH is 1. The number of aliphatic hydroxyl groups is 1. The zero-order valence-electron chi connectivity index (χ0n) is 28.2. The molecule has 2 N–H and O–H groups in total. The fourth-order valence-corrected chi connectivity index (χ4v) is 6.56. The van der Waals surface area contributed by atoms with E-state index in [1.807, 2.05) is 0 Å². The summed E-state index contributed by atoms with van der Waals surface area (Å²) in [5.41, 5.74) is -1.48. The molecule has 0 unspecified atom stereocenters. The molecule has 238 valence electrons. The fraction of sp³-hybridized carbons (Fsp3) is 0.303. The molecular formula is C33H32ClFN6O5. The molecule has 2 atom stereocenters. The lowest BCUT2D eigenvalue weighted by molar-refractivity contribution is -0.130. The summed E-state index contributed by atoms with van der Waals surface area (Å²) in [4.78, 5) is 54.6. The fourth-order valence-electron chi connectivity index (χ4n) is 6.31. The lowest BCUT2D eigenvalue weighted by atomic mass is 9.98. The zero-order chi connectivity index (χ0) is 35.7. The molecule has 13 heteroatoms. The predicted octanol–water partition coefficient (Wildman–Crippen LogP) is 4.13. The number of aromatic hydroxyl groups is 1. The summed E-state index contributed by atoms with van der Waals surface area (Å²) in [6.45, 7) is 4.97. The molecule has 1 saturated heterocycles. The number of aromatic nitrogens is 3. The Hall–Kier alpha value is -4.81. The number of phenols is 1. The monoisotopic (exact) mass is 649 g/mol. The van der Waals surface area contributed by atoms with Crippen LogP contribution in [0.3, 0.4) is 0 Å². The van der Waals surface area contributed by atoms with Crippen LogP contribution in [0.15, 0.2) is 54.0 Å². The molecule has 1 fully saturated rings. The van der Waals surface area contributed by atoms with Crippen LogP contribution < -0.4 is 15.4 Å². The van der Waals surface area contributed by atoms with E-state index in [9.17, 15) is 19.8 Å². The maximum Gasteiger partial charge on any atom is 0.283 e. The number of anilines is 2. The Balaban J connectivity index is 1.82. The van der Waals surface area contributed by atoms with Crippen LogP contribution in [0, 0.1) is 5.82 Å². The van der Waals surface area contributed by atoms with Crippen LogP contribution in [0.25, 0.3) is 28.0 Å². The van der Waals surface area contributed by atoms with Crippen molar-refractivity contribution in [2.24, 2.45) is 0 Å². The lowest BCUT2D eigenvalue weighted by Crippen LogP contribution is -2.66. The summed E-state index contributed by atoms with van der Waals surface area (Å²) >= 11 is 6.79. The van der Waals surface area contributed by atoms with Gasteiger partial charge in [-0.2, -0.15) is 0 Å². The quantitative estimate of drug-likeness (QED) is 0.309. The molecule has 2 aliphatic rings. The number of fused-ring (bicyclic) bond motifs is 5. The van der Waals surface area contributed by atoms with Crippen molar-refractivity contribution < 1.29 is 28.3 Å². The highest BCUT2D eigenvalue weighted by Gasteiger charge is 2.46. The van der Waals surface area contributed by atoms with Gasteiger partial charge in [-0.3, -0.25) is 23.9 Å². The number of pyridine rings is 3. The maximum absolute atomic E-state index is 15.3. The number of amides is 2. The van der Waals surface area contributed by atoms with Gasteiger partial charge in [0.05, 0.1) is 46.5 Å². The van der Waals surface area contributed by atoms with E-state index in [1.54, 1.807) is 25.7 Å². The number of halogens is 2. The molecule has 2 aliphatic heterocycles. The summed E-state index contributed by atoms with van der Waals surface area (Å²) < 4.78 is 41.6. The second-order valence-corrected chi connectivity index (χ2v) is 12.0. The van der Waals surface area contributed by atoms with E-state index < -0.39 is 60.3 Å². The smallest absolute Gasteiger partial charge is 0.283 e. The number of likely N-dealkylation sites (N-methyl/N-ethyl adjacent to an activating group) is 1. The highest BCUT2D eigenvalue weighted by Crippen LogP contribution is 2.45. The van der Waals surface area contributed by atoms with E-state index in [2.05, 4.69) is 16.5 Å². The van der Waals surface area contributed by atoms with Gasteiger partial charge in [-0.1, -0.05) is 38.1 Å². The van der Waals surface area contributed by atoms with Crippen LogP contribution in [-0.4, -0.2) is 73.6 Å². The summed E-state index contributed by atoms with van der Waals surface area (Å²) in [6, 6.07) is 4.78. The molecule has 0 aliphatic carbocycles. The van der Waals surface area contributed by atoms with Crippen molar-refractivity contribution in [2.75, 3.05) is 29.9 Å². The minimum absolute atomic E-state index is 0.00980. The molecule has 0 radical (unpaired) electrons. The summed E-state index contributed by atoms with van der Waals surface area (Å²) in [5, 5.41) is 21.1. The third-order valence-electron chi connectivity index (χ3n) is 8.47. The Morgan fingerprint density at radius 1 is 1.24 bits per heavy atom. The van der Waals surface area contributed by atoms with Gasteiger partial charge in [0.1, 0.15) is 23.3 Å². The Bertz CT molecular complexity index is 2100. The number of rotatable bonds is 5. The van der Waals surface area contributed by atoms with E-state index in [1.165, 1.54) is 35.4 Å². The maximum atomic E-state index is 15.3. The van der Waals surface area contributed by atoms with Gasteiger partial charge in [0.2, 0.25) is 5.91 Å². The molecule has 4 aromatic rings. The van der Waals surface area contributed by atoms with Gasteiger partial charge in [0, 0.05) is 40.8 Å². The first-order chi connectivity index (χ1) is 23.1. The van der Waals surface area contributed by atoms with Crippen molar-refractivity contribution in [1.82, 2.24) is 19.4 Å². The molecule has 11 nitrogen and oxygen atoms in total. The van der Waals surface area contributed by atoms with Crippen LogP contribution in [0.2, 0.25) is 5.02 Å². The lowest BCUT2D eigenvalue weighted by Gasteiger charge is -2.49. The van der Waals surface area contributed by atoms with Gasteiger partial charge >= 0.3 is 0 Å². The van der Waals surface area contributed by atoms with E-state index in [-0.39, 0.29) is 63.3 Å². The van der Waals surface area contributed by atoms with E-state index in [0.717, 1.165) is 16.7 Å². The topological polar surface area (TPSA) is 132 Å². The number of phenolic OH excluding ortho intramolecular Hbond substituents is 1. The van der Waals surface area contributed by atoms with Crippen molar-refractivity contribution in [3.05, 3.63) is 81.6 Å².